The lowest BCUT2D eigenvalue weighted by Gasteiger charge is -2.35. The summed E-state index contributed by atoms with van der Waals surface area (Å²) in [6.07, 6.45) is 2.34. The van der Waals surface area contributed by atoms with Crippen molar-refractivity contribution < 1.29 is 4.39 Å². The Hall–Kier alpha value is -2.21. The van der Waals surface area contributed by atoms with Crippen LogP contribution in [-0.2, 0) is 0 Å². The predicted octanol–water partition coefficient (Wildman–Crippen LogP) is 3.07. The van der Waals surface area contributed by atoms with E-state index in [0.717, 1.165) is 49.2 Å². The minimum atomic E-state index is -0.229. The van der Waals surface area contributed by atoms with E-state index in [2.05, 4.69) is 29.0 Å². The SMILES string of the molecule is C[C@@H]1CNCCN1c1cc(-c2ccc(F)cc2)nc(N2CCC[C@H]2C)n1. The van der Waals surface area contributed by atoms with Crippen LogP contribution in [0.1, 0.15) is 26.7 Å². The summed E-state index contributed by atoms with van der Waals surface area (Å²) in [5.74, 6) is 1.52. The van der Waals surface area contributed by atoms with Crippen LogP contribution in [-0.4, -0.2) is 48.2 Å². The Morgan fingerprint density at radius 2 is 1.85 bits per heavy atom. The Morgan fingerprint density at radius 3 is 2.54 bits per heavy atom. The molecular formula is C20H26FN5. The summed E-state index contributed by atoms with van der Waals surface area (Å²) >= 11 is 0. The molecule has 0 amide bonds. The van der Waals surface area contributed by atoms with E-state index in [-0.39, 0.29) is 5.82 Å². The van der Waals surface area contributed by atoms with E-state index in [4.69, 9.17) is 9.97 Å². The minimum Gasteiger partial charge on any atom is -0.351 e. The Labute approximate surface area is 154 Å². The smallest absolute Gasteiger partial charge is 0.228 e. The van der Waals surface area contributed by atoms with Crippen LogP contribution in [0.2, 0.25) is 0 Å². The number of rotatable bonds is 3. The molecule has 138 valence electrons. The Kier molecular flexibility index (Phi) is 4.76. The molecule has 2 aliphatic rings. The van der Waals surface area contributed by atoms with Gasteiger partial charge in [0.25, 0.3) is 0 Å². The molecular weight excluding hydrogens is 329 g/mol. The van der Waals surface area contributed by atoms with Crippen molar-refractivity contribution in [3.05, 3.63) is 36.1 Å². The van der Waals surface area contributed by atoms with Crippen LogP contribution in [0.5, 0.6) is 0 Å². The lowest BCUT2D eigenvalue weighted by Crippen LogP contribution is -2.50. The largest absolute Gasteiger partial charge is 0.351 e. The lowest BCUT2D eigenvalue weighted by atomic mass is 10.1. The summed E-state index contributed by atoms with van der Waals surface area (Å²) in [4.78, 5) is 14.4. The van der Waals surface area contributed by atoms with Gasteiger partial charge >= 0.3 is 0 Å². The van der Waals surface area contributed by atoms with Crippen molar-refractivity contribution >= 4 is 11.8 Å². The van der Waals surface area contributed by atoms with E-state index in [0.29, 0.717) is 12.1 Å². The second kappa shape index (κ2) is 7.19. The van der Waals surface area contributed by atoms with Gasteiger partial charge in [-0.15, -0.1) is 0 Å². The van der Waals surface area contributed by atoms with Gasteiger partial charge in [0.15, 0.2) is 0 Å². The van der Waals surface area contributed by atoms with Gasteiger partial charge < -0.3 is 15.1 Å². The second-order valence-corrected chi connectivity index (χ2v) is 7.35. The molecule has 1 aromatic carbocycles. The van der Waals surface area contributed by atoms with Crippen LogP contribution < -0.4 is 15.1 Å². The maximum absolute atomic E-state index is 13.3. The third-order valence-electron chi connectivity index (χ3n) is 5.45. The Bertz CT molecular complexity index is 763. The molecule has 5 nitrogen and oxygen atoms in total. The summed E-state index contributed by atoms with van der Waals surface area (Å²) in [5, 5.41) is 3.43. The first-order chi connectivity index (χ1) is 12.6. The maximum atomic E-state index is 13.3. The Morgan fingerprint density at radius 1 is 1.04 bits per heavy atom. The summed E-state index contributed by atoms with van der Waals surface area (Å²) < 4.78 is 13.3. The molecule has 0 spiro atoms. The quantitative estimate of drug-likeness (QED) is 0.917. The molecule has 2 saturated heterocycles. The van der Waals surface area contributed by atoms with Crippen molar-refractivity contribution in [1.29, 1.82) is 0 Å². The van der Waals surface area contributed by atoms with Gasteiger partial charge in [0.2, 0.25) is 5.95 Å². The molecule has 0 radical (unpaired) electrons. The van der Waals surface area contributed by atoms with Crippen molar-refractivity contribution in [1.82, 2.24) is 15.3 Å². The van der Waals surface area contributed by atoms with E-state index in [1.165, 1.54) is 25.0 Å². The molecule has 2 aromatic rings. The number of nitrogens with one attached hydrogen (secondary N) is 1. The first-order valence-electron chi connectivity index (χ1n) is 9.51. The number of benzene rings is 1. The molecule has 3 heterocycles. The maximum Gasteiger partial charge on any atom is 0.228 e. The zero-order valence-corrected chi connectivity index (χ0v) is 15.5. The topological polar surface area (TPSA) is 44.3 Å². The highest BCUT2D eigenvalue weighted by Gasteiger charge is 2.26. The summed E-state index contributed by atoms with van der Waals surface area (Å²) in [6, 6.07) is 9.43. The van der Waals surface area contributed by atoms with Gasteiger partial charge in [0.05, 0.1) is 5.69 Å². The number of nitrogens with zero attached hydrogens (tertiary/aromatic N) is 4. The number of piperazine rings is 1. The minimum absolute atomic E-state index is 0.229. The van der Waals surface area contributed by atoms with Crippen LogP contribution in [0.4, 0.5) is 16.2 Å². The molecule has 2 atom stereocenters. The molecule has 4 rings (SSSR count). The number of hydrogen-bond donors (Lipinski definition) is 1. The highest BCUT2D eigenvalue weighted by molar-refractivity contribution is 5.65. The molecule has 0 unspecified atom stereocenters. The van der Waals surface area contributed by atoms with E-state index in [1.807, 2.05) is 6.07 Å². The van der Waals surface area contributed by atoms with Gasteiger partial charge in [-0.2, -0.15) is 4.98 Å². The van der Waals surface area contributed by atoms with Crippen LogP contribution in [0, 0.1) is 5.82 Å². The van der Waals surface area contributed by atoms with Crippen LogP contribution in [0.15, 0.2) is 30.3 Å². The molecule has 1 N–H and O–H groups in total. The van der Waals surface area contributed by atoms with Crippen LogP contribution in [0.3, 0.4) is 0 Å². The fourth-order valence-corrected chi connectivity index (χ4v) is 3.88. The standard InChI is InChI=1S/C20H26FN5/c1-14-4-3-10-26(14)20-23-18(16-5-7-17(21)8-6-16)12-19(24-20)25-11-9-22-13-15(25)2/h5-8,12,14-15,22H,3-4,9-11,13H2,1-2H3/t14-,15-/m1/s1. The van der Waals surface area contributed by atoms with E-state index >= 15 is 0 Å². The van der Waals surface area contributed by atoms with Gasteiger partial charge in [-0.1, -0.05) is 0 Å². The molecule has 0 bridgehead atoms. The van der Waals surface area contributed by atoms with Gasteiger partial charge in [0, 0.05) is 49.9 Å². The zero-order chi connectivity index (χ0) is 18.1. The van der Waals surface area contributed by atoms with Crippen molar-refractivity contribution in [2.24, 2.45) is 0 Å². The highest BCUT2D eigenvalue weighted by atomic mass is 19.1. The normalized spacial score (nSPS) is 23.5. The third kappa shape index (κ3) is 3.38. The molecule has 0 saturated carbocycles. The summed E-state index contributed by atoms with van der Waals surface area (Å²) in [5.41, 5.74) is 1.78. The number of hydrogen-bond acceptors (Lipinski definition) is 5. The van der Waals surface area contributed by atoms with E-state index in [9.17, 15) is 4.39 Å². The summed E-state index contributed by atoms with van der Waals surface area (Å²) in [7, 11) is 0. The average molecular weight is 355 g/mol. The molecule has 1 aromatic heterocycles. The zero-order valence-electron chi connectivity index (χ0n) is 15.5. The first kappa shape index (κ1) is 17.2. The molecule has 2 fully saturated rings. The van der Waals surface area contributed by atoms with Crippen molar-refractivity contribution in [2.45, 2.75) is 38.8 Å². The number of aromatic nitrogens is 2. The van der Waals surface area contributed by atoms with E-state index < -0.39 is 0 Å². The first-order valence-corrected chi connectivity index (χ1v) is 9.51. The molecule has 26 heavy (non-hydrogen) atoms. The van der Waals surface area contributed by atoms with Crippen molar-refractivity contribution in [3.8, 4) is 11.3 Å². The van der Waals surface area contributed by atoms with Gasteiger partial charge in [0.1, 0.15) is 11.6 Å². The number of halogens is 1. The lowest BCUT2D eigenvalue weighted by molar-refractivity contribution is 0.497. The predicted molar refractivity (Wildman–Crippen MR) is 103 cm³/mol. The van der Waals surface area contributed by atoms with Gasteiger partial charge in [-0.3, -0.25) is 0 Å². The highest BCUT2D eigenvalue weighted by Crippen LogP contribution is 2.29. The van der Waals surface area contributed by atoms with Crippen LogP contribution >= 0.6 is 0 Å². The number of anilines is 2. The third-order valence-corrected chi connectivity index (χ3v) is 5.45. The summed E-state index contributed by atoms with van der Waals surface area (Å²) in [6.45, 7) is 8.26. The fourth-order valence-electron chi connectivity index (χ4n) is 3.88. The average Bonchev–Trinajstić information content (AvgIpc) is 3.08. The van der Waals surface area contributed by atoms with Crippen LogP contribution in [0.25, 0.3) is 11.3 Å². The van der Waals surface area contributed by atoms with Crippen molar-refractivity contribution in [3.63, 3.8) is 0 Å². The van der Waals surface area contributed by atoms with E-state index in [1.54, 1.807) is 12.1 Å². The molecule has 6 heteroatoms. The Balaban J connectivity index is 1.77. The van der Waals surface area contributed by atoms with Gasteiger partial charge in [-0.25, -0.2) is 9.37 Å². The molecule has 0 aliphatic carbocycles. The fraction of sp³-hybridized carbons (Fsp3) is 0.500. The monoisotopic (exact) mass is 355 g/mol. The van der Waals surface area contributed by atoms with Gasteiger partial charge in [-0.05, 0) is 51.0 Å². The molecule has 2 aliphatic heterocycles. The van der Waals surface area contributed by atoms with Crippen molar-refractivity contribution in [2.75, 3.05) is 36.0 Å². The second-order valence-electron chi connectivity index (χ2n) is 7.35.